The molecule has 0 fully saturated rings. The molecule has 0 saturated heterocycles. The molecule has 2 aromatic rings. The average molecular weight is 260 g/mol. The van der Waals surface area contributed by atoms with Crippen LogP contribution in [0.1, 0.15) is 11.3 Å². The number of aryl methyl sites for hydroxylation is 1. The summed E-state index contributed by atoms with van der Waals surface area (Å²) in [6.07, 6.45) is 3.61. The van der Waals surface area contributed by atoms with Gasteiger partial charge in [-0.2, -0.15) is 5.10 Å². The number of hydrogen-bond donors (Lipinski definition) is 2. The van der Waals surface area contributed by atoms with Gasteiger partial charge in [-0.05, 0) is 30.2 Å². The molecule has 0 aliphatic rings. The molecule has 0 bridgehead atoms. The SMILES string of the molecule is COc1ccc(CC(Cc2ccn(C)n2)NN)cc1. The molecule has 2 rings (SSSR count). The van der Waals surface area contributed by atoms with Gasteiger partial charge in [-0.3, -0.25) is 16.0 Å². The van der Waals surface area contributed by atoms with Crippen molar-refractivity contribution < 1.29 is 4.74 Å². The van der Waals surface area contributed by atoms with Crippen molar-refractivity contribution in [2.75, 3.05) is 7.11 Å². The third kappa shape index (κ3) is 3.81. The molecule has 0 aliphatic carbocycles. The molecule has 0 radical (unpaired) electrons. The molecule has 19 heavy (non-hydrogen) atoms. The number of methoxy groups -OCH3 is 1. The molecule has 0 aliphatic heterocycles. The quantitative estimate of drug-likeness (QED) is 0.602. The van der Waals surface area contributed by atoms with Gasteiger partial charge in [-0.15, -0.1) is 0 Å². The lowest BCUT2D eigenvalue weighted by molar-refractivity contribution is 0.414. The van der Waals surface area contributed by atoms with Crippen LogP contribution < -0.4 is 16.0 Å². The highest BCUT2D eigenvalue weighted by molar-refractivity contribution is 5.27. The maximum absolute atomic E-state index is 5.62. The molecule has 5 nitrogen and oxygen atoms in total. The summed E-state index contributed by atoms with van der Waals surface area (Å²) in [6.45, 7) is 0. The van der Waals surface area contributed by atoms with Gasteiger partial charge in [0.2, 0.25) is 0 Å². The zero-order chi connectivity index (χ0) is 13.7. The van der Waals surface area contributed by atoms with E-state index in [0.717, 1.165) is 24.3 Å². The minimum atomic E-state index is 0.170. The van der Waals surface area contributed by atoms with Gasteiger partial charge in [0.1, 0.15) is 5.75 Å². The van der Waals surface area contributed by atoms with Crippen LogP contribution in [-0.4, -0.2) is 22.9 Å². The van der Waals surface area contributed by atoms with Crippen LogP contribution in [0.3, 0.4) is 0 Å². The molecule has 1 unspecified atom stereocenters. The monoisotopic (exact) mass is 260 g/mol. The number of benzene rings is 1. The minimum Gasteiger partial charge on any atom is -0.497 e. The van der Waals surface area contributed by atoms with Crippen molar-refractivity contribution in [2.24, 2.45) is 12.9 Å². The lowest BCUT2D eigenvalue weighted by Crippen LogP contribution is -2.38. The van der Waals surface area contributed by atoms with E-state index < -0.39 is 0 Å². The van der Waals surface area contributed by atoms with Crippen LogP contribution >= 0.6 is 0 Å². The summed E-state index contributed by atoms with van der Waals surface area (Å²) in [4.78, 5) is 0. The van der Waals surface area contributed by atoms with E-state index in [1.165, 1.54) is 5.56 Å². The number of aromatic nitrogens is 2. The van der Waals surface area contributed by atoms with Gasteiger partial charge in [-0.25, -0.2) is 0 Å². The predicted octanol–water partition coefficient (Wildman–Crippen LogP) is 1.05. The maximum atomic E-state index is 5.62. The van der Waals surface area contributed by atoms with Gasteiger partial charge in [0.25, 0.3) is 0 Å². The number of nitrogens with two attached hydrogens (primary N) is 1. The zero-order valence-electron chi connectivity index (χ0n) is 11.3. The molecule has 1 aromatic heterocycles. The predicted molar refractivity (Wildman–Crippen MR) is 74.7 cm³/mol. The summed E-state index contributed by atoms with van der Waals surface area (Å²) in [5.41, 5.74) is 5.12. The highest BCUT2D eigenvalue weighted by Gasteiger charge is 2.10. The van der Waals surface area contributed by atoms with E-state index in [1.54, 1.807) is 11.8 Å². The van der Waals surface area contributed by atoms with Crippen LogP contribution in [0.2, 0.25) is 0 Å². The van der Waals surface area contributed by atoms with Crippen molar-refractivity contribution in [3.05, 3.63) is 47.8 Å². The van der Waals surface area contributed by atoms with Crippen molar-refractivity contribution in [1.82, 2.24) is 15.2 Å². The van der Waals surface area contributed by atoms with E-state index in [4.69, 9.17) is 10.6 Å². The normalized spacial score (nSPS) is 12.4. The molecule has 0 spiro atoms. The Bertz CT molecular complexity index is 506. The molecule has 1 aromatic carbocycles. The van der Waals surface area contributed by atoms with Gasteiger partial charge in [0, 0.05) is 25.7 Å². The number of rotatable bonds is 6. The second-order valence-corrected chi connectivity index (χ2v) is 4.60. The summed E-state index contributed by atoms with van der Waals surface area (Å²) in [6, 6.07) is 10.2. The molecule has 102 valence electrons. The Morgan fingerprint density at radius 2 is 2.00 bits per heavy atom. The Hall–Kier alpha value is -1.85. The van der Waals surface area contributed by atoms with Crippen LogP contribution in [0.5, 0.6) is 5.75 Å². The van der Waals surface area contributed by atoms with E-state index in [1.807, 2.05) is 31.4 Å². The Morgan fingerprint density at radius 1 is 1.26 bits per heavy atom. The Labute approximate surface area is 113 Å². The van der Waals surface area contributed by atoms with Crippen LogP contribution in [0.4, 0.5) is 0 Å². The number of ether oxygens (including phenoxy) is 1. The van der Waals surface area contributed by atoms with Gasteiger partial charge >= 0.3 is 0 Å². The van der Waals surface area contributed by atoms with Crippen molar-refractivity contribution in [3.63, 3.8) is 0 Å². The zero-order valence-corrected chi connectivity index (χ0v) is 11.3. The number of nitrogens with one attached hydrogen (secondary N) is 1. The first-order valence-electron chi connectivity index (χ1n) is 6.29. The van der Waals surface area contributed by atoms with Gasteiger partial charge < -0.3 is 4.74 Å². The molecule has 3 N–H and O–H groups in total. The molecular formula is C14H20N4O. The lowest BCUT2D eigenvalue weighted by Gasteiger charge is -2.14. The standard InChI is InChI=1S/C14H20N4O/c1-18-8-7-12(17-18)10-13(16-15)9-11-3-5-14(19-2)6-4-11/h3-8,13,16H,9-10,15H2,1-2H3. The topological polar surface area (TPSA) is 65.1 Å². The molecule has 1 heterocycles. The summed E-state index contributed by atoms with van der Waals surface area (Å²) < 4.78 is 6.95. The molecule has 0 amide bonds. The highest BCUT2D eigenvalue weighted by atomic mass is 16.5. The summed E-state index contributed by atoms with van der Waals surface area (Å²) in [5.74, 6) is 6.49. The second-order valence-electron chi connectivity index (χ2n) is 4.60. The van der Waals surface area contributed by atoms with Crippen LogP contribution in [0, 0.1) is 0 Å². The van der Waals surface area contributed by atoms with Crippen LogP contribution in [0.25, 0.3) is 0 Å². The fourth-order valence-corrected chi connectivity index (χ4v) is 2.06. The van der Waals surface area contributed by atoms with Crippen molar-refractivity contribution >= 4 is 0 Å². The fourth-order valence-electron chi connectivity index (χ4n) is 2.06. The van der Waals surface area contributed by atoms with Crippen LogP contribution in [0.15, 0.2) is 36.5 Å². The van der Waals surface area contributed by atoms with Crippen molar-refractivity contribution in [1.29, 1.82) is 0 Å². The molecule has 0 saturated carbocycles. The van der Waals surface area contributed by atoms with Gasteiger partial charge in [-0.1, -0.05) is 12.1 Å². The number of hydrazine groups is 1. The van der Waals surface area contributed by atoms with E-state index in [-0.39, 0.29) is 6.04 Å². The third-order valence-corrected chi connectivity index (χ3v) is 3.10. The molecule has 1 atom stereocenters. The first kappa shape index (κ1) is 13.6. The van der Waals surface area contributed by atoms with E-state index >= 15 is 0 Å². The summed E-state index contributed by atoms with van der Waals surface area (Å²) in [5, 5.41) is 4.37. The Kier molecular flexibility index (Phi) is 4.54. The van der Waals surface area contributed by atoms with Crippen molar-refractivity contribution in [2.45, 2.75) is 18.9 Å². The van der Waals surface area contributed by atoms with Crippen LogP contribution in [-0.2, 0) is 19.9 Å². The first-order valence-corrected chi connectivity index (χ1v) is 6.29. The summed E-state index contributed by atoms with van der Waals surface area (Å²) in [7, 11) is 3.58. The highest BCUT2D eigenvalue weighted by Crippen LogP contribution is 2.13. The third-order valence-electron chi connectivity index (χ3n) is 3.10. The maximum Gasteiger partial charge on any atom is 0.118 e. The Morgan fingerprint density at radius 3 is 2.53 bits per heavy atom. The summed E-state index contributed by atoms with van der Waals surface area (Å²) >= 11 is 0. The van der Waals surface area contributed by atoms with Gasteiger partial charge in [0.05, 0.1) is 12.8 Å². The number of hydrogen-bond acceptors (Lipinski definition) is 4. The molecule has 5 heteroatoms. The van der Waals surface area contributed by atoms with Crippen molar-refractivity contribution in [3.8, 4) is 5.75 Å². The average Bonchev–Trinajstić information content (AvgIpc) is 2.84. The minimum absolute atomic E-state index is 0.170. The second kappa shape index (κ2) is 6.36. The Balaban J connectivity index is 1.97. The van der Waals surface area contributed by atoms with Gasteiger partial charge in [0.15, 0.2) is 0 Å². The molecular weight excluding hydrogens is 240 g/mol. The lowest BCUT2D eigenvalue weighted by atomic mass is 10.0. The first-order chi connectivity index (χ1) is 9.21. The fraction of sp³-hybridized carbons (Fsp3) is 0.357. The van der Waals surface area contributed by atoms with E-state index in [2.05, 4.69) is 22.7 Å². The van der Waals surface area contributed by atoms with E-state index in [0.29, 0.717) is 0 Å². The number of nitrogens with zero attached hydrogens (tertiary/aromatic N) is 2. The largest absolute Gasteiger partial charge is 0.497 e. The smallest absolute Gasteiger partial charge is 0.118 e. The van der Waals surface area contributed by atoms with E-state index in [9.17, 15) is 0 Å².